The molecule has 11 rings (SSSR count). The molecule has 212 valence electrons. The first-order chi connectivity index (χ1) is 22.8. The van der Waals surface area contributed by atoms with E-state index in [1.165, 1.54) is 98.3 Å². The van der Waals surface area contributed by atoms with Gasteiger partial charge in [0.15, 0.2) is 0 Å². The molecule has 11 aromatic rings. The van der Waals surface area contributed by atoms with Crippen molar-refractivity contribution in [3.8, 4) is 16.8 Å². The summed E-state index contributed by atoms with van der Waals surface area (Å²) in [7, 11) is 0. The molecule has 0 N–H and O–H groups in total. The maximum atomic E-state index is 2.50. The van der Waals surface area contributed by atoms with Crippen LogP contribution < -0.4 is 0 Å². The van der Waals surface area contributed by atoms with E-state index in [9.17, 15) is 0 Å². The molecule has 3 aromatic heterocycles. The zero-order chi connectivity index (χ0) is 29.9. The van der Waals surface area contributed by atoms with E-state index in [0.717, 1.165) is 0 Å². The number of para-hydroxylation sites is 3. The van der Waals surface area contributed by atoms with Gasteiger partial charge in [0.05, 0.1) is 33.3 Å². The second-order valence-electron chi connectivity index (χ2n) is 12.5. The van der Waals surface area contributed by atoms with Crippen molar-refractivity contribution in [2.75, 3.05) is 0 Å². The molecule has 0 spiro atoms. The van der Waals surface area contributed by atoms with Crippen molar-refractivity contribution < 1.29 is 0 Å². The van der Waals surface area contributed by atoms with E-state index in [1.807, 2.05) is 0 Å². The van der Waals surface area contributed by atoms with Crippen molar-refractivity contribution in [1.82, 2.24) is 8.97 Å². The summed E-state index contributed by atoms with van der Waals surface area (Å²) in [5.74, 6) is 0. The Morgan fingerprint density at radius 1 is 0.326 bits per heavy atom. The predicted octanol–water partition coefficient (Wildman–Crippen LogP) is 11.9. The molecule has 2 heteroatoms. The minimum atomic E-state index is 1.21. The number of rotatable bonds is 2. The maximum Gasteiger partial charge on any atom is 0.0621 e. The molecule has 8 aromatic carbocycles. The van der Waals surface area contributed by atoms with Crippen molar-refractivity contribution >= 4 is 81.4 Å². The normalized spacial score (nSPS) is 12.3. The van der Waals surface area contributed by atoms with E-state index in [2.05, 4.69) is 167 Å². The van der Waals surface area contributed by atoms with Gasteiger partial charge in [-0.3, -0.25) is 0 Å². The van der Waals surface area contributed by atoms with Gasteiger partial charge in [0.25, 0.3) is 0 Å². The molecular weight excluding hydrogens is 556 g/mol. The molecule has 0 radical (unpaired) electrons. The van der Waals surface area contributed by atoms with Crippen LogP contribution in [0.5, 0.6) is 0 Å². The third-order valence-electron chi connectivity index (χ3n) is 10.2. The summed E-state index contributed by atoms with van der Waals surface area (Å²) in [5.41, 5.74) is 9.91. The largest absolute Gasteiger partial charge is 0.309 e. The summed E-state index contributed by atoms with van der Waals surface area (Å²) in [4.78, 5) is 0. The first-order valence-electron chi connectivity index (χ1n) is 15.9. The van der Waals surface area contributed by atoms with Gasteiger partial charge in [-0.15, -0.1) is 0 Å². The quantitative estimate of drug-likeness (QED) is 0.179. The second-order valence-corrected chi connectivity index (χ2v) is 12.5. The predicted molar refractivity (Wildman–Crippen MR) is 196 cm³/mol. The van der Waals surface area contributed by atoms with Gasteiger partial charge >= 0.3 is 0 Å². The van der Waals surface area contributed by atoms with E-state index in [0.29, 0.717) is 0 Å². The molecule has 46 heavy (non-hydrogen) atoms. The molecule has 0 saturated carbocycles. The molecule has 0 saturated heterocycles. The number of benzene rings is 8. The van der Waals surface area contributed by atoms with Crippen molar-refractivity contribution in [2.24, 2.45) is 0 Å². The van der Waals surface area contributed by atoms with Crippen LogP contribution >= 0.6 is 0 Å². The van der Waals surface area contributed by atoms with Crippen LogP contribution in [0.3, 0.4) is 0 Å². The smallest absolute Gasteiger partial charge is 0.0621 e. The fourth-order valence-electron chi connectivity index (χ4n) is 8.24. The summed E-state index contributed by atoms with van der Waals surface area (Å²) < 4.78 is 4.97. The van der Waals surface area contributed by atoms with E-state index in [-0.39, 0.29) is 0 Å². The van der Waals surface area contributed by atoms with Gasteiger partial charge in [-0.05, 0) is 69.1 Å². The van der Waals surface area contributed by atoms with Gasteiger partial charge in [0.1, 0.15) is 0 Å². The number of fused-ring (bicyclic) bond motifs is 12. The molecule has 0 atom stereocenters. The lowest BCUT2D eigenvalue weighted by molar-refractivity contribution is 1.20. The molecule has 0 bridgehead atoms. The van der Waals surface area contributed by atoms with Gasteiger partial charge in [-0.2, -0.15) is 0 Å². The van der Waals surface area contributed by atoms with Crippen LogP contribution in [0.4, 0.5) is 0 Å². The third kappa shape index (κ3) is 3.05. The van der Waals surface area contributed by atoms with E-state index < -0.39 is 0 Å². The van der Waals surface area contributed by atoms with Gasteiger partial charge in [-0.1, -0.05) is 121 Å². The average molecular weight is 583 g/mol. The highest BCUT2D eigenvalue weighted by atomic mass is 15.0. The molecular formula is C44H26N2. The summed E-state index contributed by atoms with van der Waals surface area (Å²) in [6, 6.07) is 58.3. The molecule has 0 aliphatic carbocycles. The van der Waals surface area contributed by atoms with Crippen molar-refractivity contribution in [3.05, 3.63) is 158 Å². The van der Waals surface area contributed by atoms with Crippen LogP contribution in [-0.4, -0.2) is 8.97 Å². The van der Waals surface area contributed by atoms with Crippen molar-refractivity contribution in [3.63, 3.8) is 0 Å². The highest BCUT2D eigenvalue weighted by Crippen LogP contribution is 2.43. The second kappa shape index (κ2) is 8.74. The van der Waals surface area contributed by atoms with Crippen LogP contribution in [0.25, 0.3) is 98.3 Å². The number of nitrogens with zero attached hydrogens (tertiary/aromatic N) is 2. The highest BCUT2D eigenvalue weighted by molar-refractivity contribution is 6.25. The standard InChI is InChI=1S/C44H26N2/c1-2-10-31-27(9-1)19-20-28-21-22-29(25-37(28)31)30-23-24-34-32-11-3-5-15-38(32)45(42(34)26-30)40-17-8-18-41-43(40)36-14-7-13-35-33-12-4-6-16-39(33)46(41)44(35)36/h1-26H. The molecule has 0 amide bonds. The van der Waals surface area contributed by atoms with E-state index in [1.54, 1.807) is 0 Å². The van der Waals surface area contributed by atoms with Crippen molar-refractivity contribution in [2.45, 2.75) is 0 Å². The Bertz CT molecular complexity index is 3030. The molecule has 3 heterocycles. The number of aromatic nitrogens is 2. The van der Waals surface area contributed by atoms with Gasteiger partial charge in [0, 0.05) is 32.3 Å². The third-order valence-corrected chi connectivity index (χ3v) is 10.2. The lowest BCUT2D eigenvalue weighted by atomic mass is 9.96. The Morgan fingerprint density at radius 2 is 0.913 bits per heavy atom. The zero-order valence-electron chi connectivity index (χ0n) is 24.9. The summed E-state index contributed by atoms with van der Waals surface area (Å²) in [5, 5.41) is 12.9. The van der Waals surface area contributed by atoms with E-state index in [4.69, 9.17) is 0 Å². The Kier molecular flexibility index (Phi) is 4.61. The van der Waals surface area contributed by atoms with Crippen molar-refractivity contribution in [1.29, 1.82) is 0 Å². The minimum absolute atomic E-state index is 1.21. The topological polar surface area (TPSA) is 9.34 Å². The fourth-order valence-corrected chi connectivity index (χ4v) is 8.24. The Hall–Kier alpha value is -6.12. The summed E-state index contributed by atoms with van der Waals surface area (Å²) in [6.45, 7) is 0. The highest BCUT2D eigenvalue weighted by Gasteiger charge is 2.21. The Balaban J connectivity index is 1.24. The van der Waals surface area contributed by atoms with Crippen LogP contribution in [-0.2, 0) is 0 Å². The first kappa shape index (κ1) is 24.2. The minimum Gasteiger partial charge on any atom is -0.309 e. The lowest BCUT2D eigenvalue weighted by Crippen LogP contribution is -1.95. The van der Waals surface area contributed by atoms with Crippen LogP contribution in [0.1, 0.15) is 0 Å². The Labute approximate surface area is 264 Å². The molecule has 0 aliphatic rings. The van der Waals surface area contributed by atoms with E-state index >= 15 is 0 Å². The monoisotopic (exact) mass is 582 g/mol. The maximum absolute atomic E-state index is 2.50. The Morgan fingerprint density at radius 3 is 1.80 bits per heavy atom. The molecule has 0 aliphatic heterocycles. The van der Waals surface area contributed by atoms with Crippen LogP contribution in [0.2, 0.25) is 0 Å². The molecule has 2 nitrogen and oxygen atoms in total. The van der Waals surface area contributed by atoms with Gasteiger partial charge < -0.3 is 8.97 Å². The summed E-state index contributed by atoms with van der Waals surface area (Å²) in [6.07, 6.45) is 0. The number of hydrogen-bond acceptors (Lipinski definition) is 0. The zero-order valence-corrected chi connectivity index (χ0v) is 24.9. The number of hydrogen-bond donors (Lipinski definition) is 0. The fraction of sp³-hybridized carbons (Fsp3) is 0. The first-order valence-corrected chi connectivity index (χ1v) is 15.9. The van der Waals surface area contributed by atoms with Crippen LogP contribution in [0.15, 0.2) is 158 Å². The van der Waals surface area contributed by atoms with Gasteiger partial charge in [-0.25, -0.2) is 0 Å². The SMILES string of the molecule is c1ccc2c(c1)ccc1ccc(-c3ccc4c5ccccc5n(-c5cccc6c5c5cccc7c8ccccc8n6c75)c4c3)cc12. The molecule has 0 unspecified atom stereocenters. The lowest BCUT2D eigenvalue weighted by Gasteiger charge is -2.12. The summed E-state index contributed by atoms with van der Waals surface area (Å²) >= 11 is 0. The van der Waals surface area contributed by atoms with Gasteiger partial charge in [0.2, 0.25) is 0 Å². The average Bonchev–Trinajstić information content (AvgIpc) is 3.76. The molecule has 0 fully saturated rings. The van der Waals surface area contributed by atoms with Crippen LogP contribution in [0, 0.1) is 0 Å².